The first-order valence-electron chi connectivity index (χ1n) is 21.5. The fourth-order valence-corrected chi connectivity index (χ4v) is 9.92. The summed E-state index contributed by atoms with van der Waals surface area (Å²) in [5.41, 5.74) is 12.3. The predicted octanol–water partition coefficient (Wildman–Crippen LogP) is 17.4. The highest BCUT2D eigenvalue weighted by Crippen LogP contribution is 2.47. The van der Waals surface area contributed by atoms with Gasteiger partial charge >= 0.3 is 0 Å². The SMILES string of the molecule is C(=Cc1c2ccccc2c(-c2cccc(-c3ccc4c(-c5ccc6ccccc6c5)c5ccccc5c(-c5ccc6ccccc6c5)c4c3)c2)c2ccccc12)c1ccccc1. The first-order chi connectivity index (χ1) is 30.7. The average Bonchev–Trinajstić information content (AvgIpc) is 3.34. The lowest BCUT2D eigenvalue weighted by Gasteiger charge is -2.20. The molecule has 0 heteroatoms. The molecular weight excluding hydrogens is 745 g/mol. The number of hydrogen-bond acceptors (Lipinski definition) is 0. The molecule has 0 saturated carbocycles. The van der Waals surface area contributed by atoms with E-state index in [-0.39, 0.29) is 0 Å². The molecule has 0 bridgehead atoms. The van der Waals surface area contributed by atoms with E-state index in [1.165, 1.54) is 120 Å². The highest BCUT2D eigenvalue weighted by atomic mass is 14.2. The molecule has 0 nitrogen and oxygen atoms in total. The number of rotatable bonds is 6. The monoisotopic (exact) mass is 784 g/mol. The second-order valence-electron chi connectivity index (χ2n) is 16.4. The summed E-state index contributed by atoms with van der Waals surface area (Å²) in [5.74, 6) is 0. The quantitative estimate of drug-likeness (QED) is 0.116. The van der Waals surface area contributed by atoms with Crippen LogP contribution < -0.4 is 0 Å². The summed E-state index contributed by atoms with van der Waals surface area (Å²) in [6, 6.07) is 84.9. The van der Waals surface area contributed by atoms with Gasteiger partial charge < -0.3 is 0 Å². The van der Waals surface area contributed by atoms with E-state index in [2.05, 4.69) is 243 Å². The predicted molar refractivity (Wildman–Crippen MR) is 269 cm³/mol. The molecule has 0 aliphatic carbocycles. The Hall–Kier alpha value is -8.06. The molecule has 0 N–H and O–H groups in total. The summed E-state index contributed by atoms with van der Waals surface area (Å²) in [7, 11) is 0. The van der Waals surface area contributed by atoms with Crippen LogP contribution in [0.1, 0.15) is 11.1 Å². The maximum absolute atomic E-state index is 2.45. The molecule has 0 aliphatic heterocycles. The standard InChI is InChI=1S/C62H40/c1-2-15-41(16-3-1)29-35-53-51-23-8-10-25-54(51)60(55-26-11-9-24-52(53)55)48-22-14-21-46(39-48)47-34-36-58-59(40-47)62(50-33-31-43-18-5-7-20-45(43)38-50)57-28-13-12-27-56(57)61(58)49-32-30-42-17-4-6-19-44(42)37-49/h1-40H. The van der Waals surface area contributed by atoms with Gasteiger partial charge in [0.2, 0.25) is 0 Å². The van der Waals surface area contributed by atoms with E-state index >= 15 is 0 Å². The summed E-state index contributed by atoms with van der Waals surface area (Å²) in [5, 5.41) is 15.0. The molecule has 12 rings (SSSR count). The van der Waals surface area contributed by atoms with E-state index in [0.29, 0.717) is 0 Å². The Balaban J connectivity index is 1.09. The van der Waals surface area contributed by atoms with Crippen LogP contribution in [0.2, 0.25) is 0 Å². The van der Waals surface area contributed by atoms with Crippen molar-refractivity contribution in [3.05, 3.63) is 242 Å². The first-order valence-corrected chi connectivity index (χ1v) is 21.5. The van der Waals surface area contributed by atoms with Gasteiger partial charge in [0.1, 0.15) is 0 Å². The zero-order valence-corrected chi connectivity index (χ0v) is 34.1. The molecule has 288 valence electrons. The Morgan fingerprint density at radius 1 is 0.210 bits per heavy atom. The summed E-state index contributed by atoms with van der Waals surface area (Å²) in [6.45, 7) is 0. The number of benzene rings is 12. The van der Waals surface area contributed by atoms with E-state index < -0.39 is 0 Å². The van der Waals surface area contributed by atoms with E-state index in [9.17, 15) is 0 Å². The van der Waals surface area contributed by atoms with Gasteiger partial charge in [0.25, 0.3) is 0 Å². The molecule has 12 aromatic rings. The third-order valence-electron chi connectivity index (χ3n) is 12.8. The Morgan fingerprint density at radius 2 is 0.613 bits per heavy atom. The minimum absolute atomic E-state index is 1.19. The summed E-state index contributed by atoms with van der Waals surface area (Å²) in [4.78, 5) is 0. The largest absolute Gasteiger partial charge is 0.0622 e. The second kappa shape index (κ2) is 14.9. The molecule has 0 aliphatic rings. The third kappa shape index (κ3) is 6.08. The Kier molecular flexibility index (Phi) is 8.61. The van der Waals surface area contributed by atoms with E-state index in [1.54, 1.807) is 0 Å². The van der Waals surface area contributed by atoms with Crippen LogP contribution in [0.4, 0.5) is 0 Å². The van der Waals surface area contributed by atoms with Crippen LogP contribution in [0.5, 0.6) is 0 Å². The molecule has 0 spiro atoms. The molecular formula is C62H40. The molecule has 12 aromatic carbocycles. The zero-order chi connectivity index (χ0) is 41.0. The number of hydrogen-bond donors (Lipinski definition) is 0. The van der Waals surface area contributed by atoms with Gasteiger partial charge in [0.15, 0.2) is 0 Å². The van der Waals surface area contributed by atoms with Crippen molar-refractivity contribution < 1.29 is 0 Å². The van der Waals surface area contributed by atoms with Crippen LogP contribution in [-0.2, 0) is 0 Å². The minimum Gasteiger partial charge on any atom is -0.0622 e. The Bertz CT molecular complexity index is 3680. The second-order valence-corrected chi connectivity index (χ2v) is 16.4. The van der Waals surface area contributed by atoms with Crippen molar-refractivity contribution in [2.24, 2.45) is 0 Å². The van der Waals surface area contributed by atoms with Gasteiger partial charge in [-0.05, 0) is 145 Å². The van der Waals surface area contributed by atoms with Crippen LogP contribution >= 0.6 is 0 Å². The fraction of sp³-hybridized carbons (Fsp3) is 0. The highest BCUT2D eigenvalue weighted by Gasteiger charge is 2.19. The summed E-state index contributed by atoms with van der Waals surface area (Å²) >= 11 is 0. The average molecular weight is 785 g/mol. The van der Waals surface area contributed by atoms with Crippen LogP contribution in [0.3, 0.4) is 0 Å². The van der Waals surface area contributed by atoms with Gasteiger partial charge in [-0.3, -0.25) is 0 Å². The zero-order valence-electron chi connectivity index (χ0n) is 34.1. The molecule has 62 heavy (non-hydrogen) atoms. The van der Waals surface area contributed by atoms with Gasteiger partial charge in [-0.1, -0.05) is 218 Å². The van der Waals surface area contributed by atoms with Gasteiger partial charge in [0, 0.05) is 0 Å². The van der Waals surface area contributed by atoms with Gasteiger partial charge in [-0.25, -0.2) is 0 Å². The molecule has 0 aromatic heterocycles. The third-order valence-corrected chi connectivity index (χ3v) is 12.8. The molecule has 0 saturated heterocycles. The van der Waals surface area contributed by atoms with Crippen LogP contribution in [0.15, 0.2) is 231 Å². The van der Waals surface area contributed by atoms with Crippen molar-refractivity contribution in [1.82, 2.24) is 0 Å². The van der Waals surface area contributed by atoms with Crippen molar-refractivity contribution in [3.63, 3.8) is 0 Å². The van der Waals surface area contributed by atoms with Crippen molar-refractivity contribution in [3.8, 4) is 44.5 Å². The molecule has 0 heterocycles. The highest BCUT2D eigenvalue weighted by molar-refractivity contribution is 6.23. The van der Waals surface area contributed by atoms with Crippen LogP contribution in [0.25, 0.3) is 121 Å². The maximum atomic E-state index is 2.45. The van der Waals surface area contributed by atoms with Crippen molar-refractivity contribution >= 4 is 76.8 Å². The maximum Gasteiger partial charge on any atom is -0.00259 e. The normalized spacial score (nSPS) is 11.8. The smallest absolute Gasteiger partial charge is 0.00259 e. The minimum atomic E-state index is 1.19. The molecule has 0 radical (unpaired) electrons. The van der Waals surface area contributed by atoms with Crippen LogP contribution in [0, 0.1) is 0 Å². The molecule has 0 atom stereocenters. The van der Waals surface area contributed by atoms with E-state index in [0.717, 1.165) is 0 Å². The fourth-order valence-electron chi connectivity index (χ4n) is 9.92. The van der Waals surface area contributed by atoms with E-state index in [4.69, 9.17) is 0 Å². The van der Waals surface area contributed by atoms with E-state index in [1.807, 2.05) is 0 Å². The molecule has 0 unspecified atom stereocenters. The molecule has 0 fully saturated rings. The number of fused-ring (bicyclic) bond motifs is 6. The topological polar surface area (TPSA) is 0 Å². The van der Waals surface area contributed by atoms with Crippen molar-refractivity contribution in [2.45, 2.75) is 0 Å². The summed E-state index contributed by atoms with van der Waals surface area (Å²) in [6.07, 6.45) is 4.52. The Labute approximate surface area is 361 Å². The summed E-state index contributed by atoms with van der Waals surface area (Å²) < 4.78 is 0. The van der Waals surface area contributed by atoms with Crippen LogP contribution in [-0.4, -0.2) is 0 Å². The lowest BCUT2D eigenvalue weighted by molar-refractivity contribution is 1.62. The van der Waals surface area contributed by atoms with Crippen molar-refractivity contribution in [1.29, 1.82) is 0 Å². The van der Waals surface area contributed by atoms with Gasteiger partial charge in [-0.2, -0.15) is 0 Å². The molecule has 0 amide bonds. The van der Waals surface area contributed by atoms with Gasteiger partial charge in [-0.15, -0.1) is 0 Å². The first kappa shape index (κ1) is 35.8. The van der Waals surface area contributed by atoms with Gasteiger partial charge in [0.05, 0.1) is 0 Å². The Morgan fingerprint density at radius 3 is 1.19 bits per heavy atom. The lowest BCUT2D eigenvalue weighted by atomic mass is 9.84. The van der Waals surface area contributed by atoms with Crippen molar-refractivity contribution in [2.75, 3.05) is 0 Å². The lowest BCUT2D eigenvalue weighted by Crippen LogP contribution is -1.92.